The van der Waals surface area contributed by atoms with Gasteiger partial charge in [0.25, 0.3) is 5.91 Å². The zero-order chi connectivity index (χ0) is 28.1. The lowest BCUT2D eigenvalue weighted by molar-refractivity contribution is -0.146. The van der Waals surface area contributed by atoms with Crippen molar-refractivity contribution in [3.63, 3.8) is 0 Å². The summed E-state index contributed by atoms with van der Waals surface area (Å²) in [7, 11) is 0. The average Bonchev–Trinajstić information content (AvgIpc) is 3.51. The van der Waals surface area contributed by atoms with Gasteiger partial charge in [0.15, 0.2) is 0 Å². The number of aliphatic carboxylic acids is 1. The smallest absolute Gasteiger partial charge is 0.408 e. The molecule has 1 fully saturated rings. The van der Waals surface area contributed by atoms with Crippen LogP contribution in [0.2, 0.25) is 0 Å². The third kappa shape index (κ3) is 5.62. The van der Waals surface area contributed by atoms with Crippen molar-refractivity contribution in [2.24, 2.45) is 0 Å². The van der Waals surface area contributed by atoms with Gasteiger partial charge in [0.05, 0.1) is 0 Å². The number of ether oxygens (including phenoxy) is 1. The van der Waals surface area contributed by atoms with Crippen molar-refractivity contribution >= 4 is 18.0 Å². The van der Waals surface area contributed by atoms with Gasteiger partial charge in [-0.05, 0) is 34.2 Å². The Kier molecular flexibility index (Phi) is 7.98. The fourth-order valence-electron chi connectivity index (χ4n) is 5.87. The molecule has 1 aliphatic heterocycles. The van der Waals surface area contributed by atoms with Crippen LogP contribution >= 0.6 is 0 Å². The zero-order valence-electron chi connectivity index (χ0n) is 22.3. The molecule has 1 saturated heterocycles. The van der Waals surface area contributed by atoms with E-state index in [2.05, 4.69) is 28.9 Å². The first-order valence-electron chi connectivity index (χ1n) is 13.4. The number of hydrogen-bond donors (Lipinski definition) is 2. The van der Waals surface area contributed by atoms with Gasteiger partial charge >= 0.3 is 12.1 Å². The second-order valence-electron chi connectivity index (χ2n) is 10.3. The van der Waals surface area contributed by atoms with Crippen LogP contribution in [-0.2, 0) is 20.9 Å². The SMILES string of the molecule is C=CCN(CC(=O)O)C(=O)C1(NC(=O)OCC2c3ccccc3-c3ccccc32)CCN(Cc2ccccc2)C1. The van der Waals surface area contributed by atoms with E-state index in [0.29, 0.717) is 19.5 Å². The molecule has 40 heavy (non-hydrogen) atoms. The summed E-state index contributed by atoms with van der Waals surface area (Å²) in [6, 6.07) is 26.0. The Morgan fingerprint density at radius 1 is 1.00 bits per heavy atom. The van der Waals surface area contributed by atoms with E-state index in [1.807, 2.05) is 66.7 Å². The molecule has 0 aromatic heterocycles. The highest BCUT2D eigenvalue weighted by molar-refractivity contribution is 5.92. The molecular formula is C32H33N3O5. The number of alkyl carbamates (subject to hydrolysis) is 1. The Morgan fingerprint density at radius 2 is 1.62 bits per heavy atom. The van der Waals surface area contributed by atoms with Crippen LogP contribution in [-0.4, -0.2) is 71.2 Å². The maximum atomic E-state index is 13.8. The van der Waals surface area contributed by atoms with Crippen LogP contribution in [0.25, 0.3) is 11.1 Å². The molecule has 2 N–H and O–H groups in total. The van der Waals surface area contributed by atoms with Gasteiger partial charge in [0.2, 0.25) is 0 Å². The lowest BCUT2D eigenvalue weighted by Crippen LogP contribution is -2.61. The summed E-state index contributed by atoms with van der Waals surface area (Å²) < 4.78 is 5.78. The molecule has 1 atom stereocenters. The standard InChI is InChI=1S/C32H33N3O5/c1-2-17-35(20-29(36)37)30(38)32(16-18-34(22-32)19-23-10-4-3-5-11-23)33-31(39)40-21-28-26-14-8-6-12-24(26)25-13-7-9-15-27(25)28/h2-15,28H,1,16-22H2,(H,33,39)(H,36,37). The Labute approximate surface area is 233 Å². The highest BCUT2D eigenvalue weighted by Crippen LogP contribution is 2.44. The number of likely N-dealkylation sites (tertiary alicyclic amines) is 1. The van der Waals surface area contributed by atoms with E-state index in [1.165, 1.54) is 11.0 Å². The first-order chi connectivity index (χ1) is 19.4. The third-order valence-electron chi connectivity index (χ3n) is 7.65. The summed E-state index contributed by atoms with van der Waals surface area (Å²) in [5.74, 6) is -1.71. The Hall–Kier alpha value is -4.43. The van der Waals surface area contributed by atoms with Gasteiger partial charge < -0.3 is 20.1 Å². The summed E-state index contributed by atoms with van der Waals surface area (Å²) >= 11 is 0. The zero-order valence-corrected chi connectivity index (χ0v) is 22.3. The first-order valence-corrected chi connectivity index (χ1v) is 13.4. The maximum Gasteiger partial charge on any atom is 0.408 e. The monoisotopic (exact) mass is 539 g/mol. The number of rotatable bonds is 10. The molecule has 3 aromatic carbocycles. The molecule has 0 bridgehead atoms. The van der Waals surface area contributed by atoms with Crippen LogP contribution in [0.4, 0.5) is 4.79 Å². The van der Waals surface area contributed by atoms with Gasteiger partial charge in [-0.3, -0.25) is 14.5 Å². The number of fused-ring (bicyclic) bond motifs is 3. The van der Waals surface area contributed by atoms with Crippen LogP contribution in [0.5, 0.6) is 0 Å². The third-order valence-corrected chi connectivity index (χ3v) is 7.65. The normalized spacial score (nSPS) is 18.0. The van der Waals surface area contributed by atoms with Crippen LogP contribution in [0.3, 0.4) is 0 Å². The van der Waals surface area contributed by atoms with Gasteiger partial charge in [0.1, 0.15) is 18.7 Å². The summed E-state index contributed by atoms with van der Waals surface area (Å²) in [6.45, 7) is 4.74. The molecule has 2 amide bonds. The fraction of sp³-hybridized carbons (Fsp3) is 0.281. The van der Waals surface area contributed by atoms with Crippen molar-refractivity contribution in [1.29, 1.82) is 0 Å². The van der Waals surface area contributed by atoms with Gasteiger partial charge in [0, 0.05) is 32.1 Å². The van der Waals surface area contributed by atoms with E-state index in [0.717, 1.165) is 27.8 Å². The minimum absolute atomic E-state index is 0.0535. The number of carboxylic acids is 1. The predicted molar refractivity (Wildman–Crippen MR) is 152 cm³/mol. The average molecular weight is 540 g/mol. The van der Waals surface area contributed by atoms with Crippen LogP contribution in [0, 0.1) is 0 Å². The van der Waals surface area contributed by atoms with E-state index < -0.39 is 30.1 Å². The van der Waals surface area contributed by atoms with E-state index in [1.54, 1.807) is 0 Å². The molecule has 5 rings (SSSR count). The van der Waals surface area contributed by atoms with Crippen LogP contribution in [0.1, 0.15) is 29.0 Å². The Balaban J connectivity index is 1.34. The van der Waals surface area contributed by atoms with Crippen molar-refractivity contribution < 1.29 is 24.2 Å². The van der Waals surface area contributed by atoms with E-state index >= 15 is 0 Å². The summed E-state index contributed by atoms with van der Waals surface area (Å²) in [5, 5.41) is 12.3. The van der Waals surface area contributed by atoms with Crippen molar-refractivity contribution in [3.05, 3.63) is 108 Å². The Bertz CT molecular complexity index is 1360. The molecule has 1 unspecified atom stereocenters. The van der Waals surface area contributed by atoms with Gasteiger partial charge in [-0.15, -0.1) is 6.58 Å². The molecule has 2 aliphatic rings. The predicted octanol–water partition coefficient (Wildman–Crippen LogP) is 4.27. The molecule has 1 heterocycles. The molecule has 8 heteroatoms. The lowest BCUT2D eigenvalue weighted by atomic mass is 9.96. The van der Waals surface area contributed by atoms with Crippen molar-refractivity contribution in [2.75, 3.05) is 32.8 Å². The largest absolute Gasteiger partial charge is 0.480 e. The van der Waals surface area contributed by atoms with Crippen LogP contribution < -0.4 is 5.32 Å². The van der Waals surface area contributed by atoms with Crippen LogP contribution in [0.15, 0.2) is 91.5 Å². The molecule has 8 nitrogen and oxygen atoms in total. The minimum Gasteiger partial charge on any atom is -0.480 e. The quantitative estimate of drug-likeness (QED) is 0.374. The molecule has 0 radical (unpaired) electrons. The van der Waals surface area contributed by atoms with Gasteiger partial charge in [-0.2, -0.15) is 0 Å². The number of amides is 2. The lowest BCUT2D eigenvalue weighted by Gasteiger charge is -2.34. The number of nitrogens with zero attached hydrogens (tertiary/aromatic N) is 2. The van der Waals surface area contributed by atoms with Gasteiger partial charge in [-0.25, -0.2) is 4.79 Å². The maximum absolute atomic E-state index is 13.8. The van der Waals surface area contributed by atoms with Gasteiger partial charge in [-0.1, -0.05) is 84.9 Å². The van der Waals surface area contributed by atoms with Crippen molar-refractivity contribution in [2.45, 2.75) is 24.4 Å². The molecular weight excluding hydrogens is 506 g/mol. The molecule has 3 aromatic rings. The molecule has 1 aliphatic carbocycles. The van der Waals surface area contributed by atoms with E-state index in [-0.39, 0.29) is 25.6 Å². The highest BCUT2D eigenvalue weighted by Gasteiger charge is 2.48. The molecule has 0 spiro atoms. The second-order valence-corrected chi connectivity index (χ2v) is 10.3. The molecule has 0 saturated carbocycles. The summed E-state index contributed by atoms with van der Waals surface area (Å²) in [4.78, 5) is 42.0. The number of carbonyl (C=O) groups excluding carboxylic acids is 2. The number of hydrogen-bond acceptors (Lipinski definition) is 5. The number of nitrogens with one attached hydrogen (secondary N) is 1. The topological polar surface area (TPSA) is 99.2 Å². The van der Waals surface area contributed by atoms with E-state index in [9.17, 15) is 19.5 Å². The number of carboxylic acid groups (broad SMARTS) is 1. The molecule has 206 valence electrons. The Morgan fingerprint density at radius 3 is 2.25 bits per heavy atom. The minimum atomic E-state index is -1.32. The summed E-state index contributed by atoms with van der Waals surface area (Å²) in [6.07, 6.45) is 1.11. The number of carbonyl (C=O) groups is 3. The first kappa shape index (κ1) is 27.1. The summed E-state index contributed by atoms with van der Waals surface area (Å²) in [5.41, 5.74) is 4.20. The highest BCUT2D eigenvalue weighted by atomic mass is 16.5. The van der Waals surface area contributed by atoms with Crippen molar-refractivity contribution in [1.82, 2.24) is 15.1 Å². The number of benzene rings is 3. The fourth-order valence-corrected chi connectivity index (χ4v) is 5.87. The second kappa shape index (κ2) is 11.8. The van der Waals surface area contributed by atoms with Crippen molar-refractivity contribution in [3.8, 4) is 11.1 Å². The van der Waals surface area contributed by atoms with E-state index in [4.69, 9.17) is 4.74 Å².